The molecule has 0 bridgehead atoms. The maximum absolute atomic E-state index is 10.2. The first kappa shape index (κ1) is 16.4. The highest BCUT2D eigenvalue weighted by Crippen LogP contribution is 2.04. The van der Waals surface area contributed by atoms with Crippen LogP contribution in [0, 0.1) is 0 Å². The highest BCUT2D eigenvalue weighted by atomic mass is 16.5. The predicted molar refractivity (Wildman–Crippen MR) is 67.3 cm³/mol. The van der Waals surface area contributed by atoms with Crippen molar-refractivity contribution in [3.8, 4) is 0 Å². The number of carboxylic acids is 1. The number of hydrogen-bond acceptors (Lipinski definition) is 3. The molecule has 102 valence electrons. The van der Waals surface area contributed by atoms with E-state index in [9.17, 15) is 4.79 Å². The van der Waals surface area contributed by atoms with Crippen molar-refractivity contribution in [1.29, 1.82) is 0 Å². The van der Waals surface area contributed by atoms with Gasteiger partial charge in [-0.15, -0.1) is 0 Å². The molecule has 0 radical (unpaired) electrons. The summed E-state index contributed by atoms with van der Waals surface area (Å²) in [6.07, 6.45) is 7.65. The molecule has 0 aromatic carbocycles. The molecule has 0 spiro atoms. The average molecular weight is 246 g/mol. The Morgan fingerprint density at radius 3 is 2.12 bits per heavy atom. The number of ether oxygens (including phenoxy) is 2. The summed E-state index contributed by atoms with van der Waals surface area (Å²) in [4.78, 5) is 10.2. The van der Waals surface area contributed by atoms with Gasteiger partial charge in [0.1, 0.15) is 0 Å². The van der Waals surface area contributed by atoms with Gasteiger partial charge in [0.05, 0.1) is 26.2 Å². The zero-order valence-corrected chi connectivity index (χ0v) is 11.0. The van der Waals surface area contributed by atoms with E-state index < -0.39 is 5.97 Å². The molecular formula is C13H26O4. The van der Waals surface area contributed by atoms with Crippen LogP contribution in [0.25, 0.3) is 0 Å². The van der Waals surface area contributed by atoms with Crippen LogP contribution in [0.15, 0.2) is 0 Å². The molecule has 0 aromatic heterocycles. The molecule has 0 unspecified atom stereocenters. The van der Waals surface area contributed by atoms with E-state index in [0.717, 1.165) is 13.0 Å². The Labute approximate surface area is 104 Å². The molecule has 17 heavy (non-hydrogen) atoms. The minimum atomic E-state index is -0.821. The molecule has 0 amide bonds. The van der Waals surface area contributed by atoms with Gasteiger partial charge in [-0.25, -0.2) is 0 Å². The normalized spacial score (nSPS) is 10.6. The first-order valence-corrected chi connectivity index (χ1v) is 6.64. The Balaban J connectivity index is 2.91. The molecule has 0 aliphatic heterocycles. The van der Waals surface area contributed by atoms with Gasteiger partial charge in [0.2, 0.25) is 0 Å². The maximum Gasteiger partial charge on any atom is 0.305 e. The summed E-state index contributed by atoms with van der Waals surface area (Å²) >= 11 is 0. The molecule has 0 fully saturated rings. The van der Waals surface area contributed by atoms with Crippen molar-refractivity contribution in [3.05, 3.63) is 0 Å². The zero-order valence-electron chi connectivity index (χ0n) is 11.0. The quantitative estimate of drug-likeness (QED) is 0.508. The van der Waals surface area contributed by atoms with Gasteiger partial charge in [-0.05, 0) is 6.42 Å². The average Bonchev–Trinajstić information content (AvgIpc) is 2.30. The smallest absolute Gasteiger partial charge is 0.305 e. The summed E-state index contributed by atoms with van der Waals surface area (Å²) in [6, 6.07) is 0. The van der Waals surface area contributed by atoms with Crippen molar-refractivity contribution >= 4 is 5.97 Å². The second-order valence-electron chi connectivity index (χ2n) is 4.14. The fourth-order valence-corrected chi connectivity index (χ4v) is 1.47. The number of unbranched alkanes of at least 4 members (excludes halogenated alkanes) is 5. The van der Waals surface area contributed by atoms with E-state index in [4.69, 9.17) is 14.6 Å². The van der Waals surface area contributed by atoms with Crippen molar-refractivity contribution in [2.45, 2.75) is 51.9 Å². The standard InChI is InChI=1S/C13H26O4/c1-2-3-4-5-6-7-9-16-11-12-17-10-8-13(14)15/h2-12H2,1H3,(H,14,15). The molecule has 0 saturated carbocycles. The van der Waals surface area contributed by atoms with Crippen LogP contribution in [0.4, 0.5) is 0 Å². The van der Waals surface area contributed by atoms with Gasteiger partial charge >= 0.3 is 5.97 Å². The summed E-state index contributed by atoms with van der Waals surface area (Å²) in [5, 5.41) is 8.36. The zero-order chi connectivity index (χ0) is 12.8. The molecule has 0 aromatic rings. The molecule has 0 heterocycles. The third-order valence-corrected chi connectivity index (χ3v) is 2.47. The predicted octanol–water partition coefficient (Wildman–Crippen LogP) is 2.85. The Morgan fingerprint density at radius 1 is 0.882 bits per heavy atom. The molecule has 0 atom stereocenters. The first-order valence-electron chi connectivity index (χ1n) is 6.64. The number of aliphatic carboxylic acids is 1. The first-order chi connectivity index (χ1) is 8.27. The molecule has 0 aliphatic rings. The van der Waals surface area contributed by atoms with Crippen LogP contribution in [0.2, 0.25) is 0 Å². The topological polar surface area (TPSA) is 55.8 Å². The van der Waals surface area contributed by atoms with Crippen LogP contribution >= 0.6 is 0 Å². The van der Waals surface area contributed by atoms with Crippen molar-refractivity contribution < 1.29 is 19.4 Å². The van der Waals surface area contributed by atoms with E-state index in [-0.39, 0.29) is 13.0 Å². The van der Waals surface area contributed by atoms with Crippen LogP contribution in [0.1, 0.15) is 51.9 Å². The van der Waals surface area contributed by atoms with Gasteiger partial charge in [-0.1, -0.05) is 39.0 Å². The monoisotopic (exact) mass is 246 g/mol. The fraction of sp³-hybridized carbons (Fsp3) is 0.923. The Hall–Kier alpha value is -0.610. The van der Waals surface area contributed by atoms with Crippen LogP contribution < -0.4 is 0 Å². The summed E-state index contributed by atoms with van der Waals surface area (Å²) in [6.45, 7) is 4.33. The lowest BCUT2D eigenvalue weighted by atomic mass is 10.1. The van der Waals surface area contributed by atoms with Crippen LogP contribution in [0.3, 0.4) is 0 Å². The highest BCUT2D eigenvalue weighted by molar-refractivity contribution is 5.66. The lowest BCUT2D eigenvalue weighted by Crippen LogP contribution is -2.08. The van der Waals surface area contributed by atoms with Gasteiger partial charge in [0.25, 0.3) is 0 Å². The number of rotatable bonds is 13. The van der Waals surface area contributed by atoms with E-state index >= 15 is 0 Å². The van der Waals surface area contributed by atoms with E-state index in [0.29, 0.717) is 13.2 Å². The highest BCUT2D eigenvalue weighted by Gasteiger charge is 1.96. The van der Waals surface area contributed by atoms with E-state index in [1.807, 2.05) is 0 Å². The largest absolute Gasteiger partial charge is 0.481 e. The minimum Gasteiger partial charge on any atom is -0.481 e. The lowest BCUT2D eigenvalue weighted by Gasteiger charge is -2.05. The Bertz CT molecular complexity index is 171. The molecule has 0 rings (SSSR count). The van der Waals surface area contributed by atoms with Crippen molar-refractivity contribution in [3.63, 3.8) is 0 Å². The van der Waals surface area contributed by atoms with E-state index in [1.165, 1.54) is 32.1 Å². The number of hydrogen-bond donors (Lipinski definition) is 1. The van der Waals surface area contributed by atoms with E-state index in [1.54, 1.807) is 0 Å². The van der Waals surface area contributed by atoms with Crippen LogP contribution in [-0.4, -0.2) is 37.5 Å². The van der Waals surface area contributed by atoms with Crippen LogP contribution in [0.5, 0.6) is 0 Å². The van der Waals surface area contributed by atoms with Gasteiger partial charge in [-0.2, -0.15) is 0 Å². The van der Waals surface area contributed by atoms with Gasteiger partial charge in [0.15, 0.2) is 0 Å². The summed E-state index contributed by atoms with van der Waals surface area (Å²) < 4.78 is 10.5. The number of carbonyl (C=O) groups is 1. The Morgan fingerprint density at radius 2 is 1.47 bits per heavy atom. The van der Waals surface area contributed by atoms with Gasteiger partial charge in [0, 0.05) is 6.61 Å². The van der Waals surface area contributed by atoms with Gasteiger partial charge < -0.3 is 14.6 Å². The van der Waals surface area contributed by atoms with Crippen molar-refractivity contribution in [2.75, 3.05) is 26.4 Å². The molecule has 0 aliphatic carbocycles. The summed E-state index contributed by atoms with van der Waals surface area (Å²) in [5.41, 5.74) is 0. The third kappa shape index (κ3) is 15.4. The second kappa shape index (κ2) is 13.5. The fourth-order valence-electron chi connectivity index (χ4n) is 1.47. The summed E-state index contributed by atoms with van der Waals surface area (Å²) in [7, 11) is 0. The Kier molecular flexibility index (Phi) is 13.0. The van der Waals surface area contributed by atoms with Gasteiger partial charge in [-0.3, -0.25) is 4.79 Å². The number of carboxylic acid groups (broad SMARTS) is 1. The molecule has 4 nitrogen and oxygen atoms in total. The molecule has 1 N–H and O–H groups in total. The lowest BCUT2D eigenvalue weighted by molar-refractivity contribution is -0.138. The summed E-state index contributed by atoms with van der Waals surface area (Å²) in [5.74, 6) is -0.821. The van der Waals surface area contributed by atoms with E-state index in [2.05, 4.69) is 6.92 Å². The second-order valence-corrected chi connectivity index (χ2v) is 4.14. The molecule has 0 saturated heterocycles. The maximum atomic E-state index is 10.2. The SMILES string of the molecule is CCCCCCCCOCCOCCC(=O)O. The van der Waals surface area contributed by atoms with Crippen LogP contribution in [-0.2, 0) is 14.3 Å². The molecule has 4 heteroatoms. The minimum absolute atomic E-state index is 0.0669. The van der Waals surface area contributed by atoms with Crippen molar-refractivity contribution in [1.82, 2.24) is 0 Å². The third-order valence-electron chi connectivity index (χ3n) is 2.47. The van der Waals surface area contributed by atoms with Crippen molar-refractivity contribution in [2.24, 2.45) is 0 Å². The molecular weight excluding hydrogens is 220 g/mol.